The van der Waals surface area contributed by atoms with E-state index in [9.17, 15) is 4.79 Å². The molecule has 0 aliphatic heterocycles. The van der Waals surface area contributed by atoms with Crippen molar-refractivity contribution in [1.82, 2.24) is 5.32 Å². The molecule has 0 fully saturated rings. The Kier molecular flexibility index (Phi) is 6.62. The summed E-state index contributed by atoms with van der Waals surface area (Å²) in [6.45, 7) is 0.625. The first-order valence-electron chi connectivity index (χ1n) is 6.94. The van der Waals surface area contributed by atoms with Gasteiger partial charge in [-0.25, -0.2) is 0 Å². The first-order valence-corrected chi connectivity index (χ1v) is 8.47. The molecule has 2 aromatic carbocycles. The van der Waals surface area contributed by atoms with Crippen LogP contribution in [0.25, 0.3) is 0 Å². The number of carbonyl (C=O) groups is 1. The summed E-state index contributed by atoms with van der Waals surface area (Å²) in [4.78, 5) is 12.0. The van der Waals surface area contributed by atoms with Crippen LogP contribution in [0.15, 0.2) is 48.5 Å². The van der Waals surface area contributed by atoms with E-state index in [4.69, 9.17) is 16.3 Å². The molecule has 1 amide bonds. The van der Waals surface area contributed by atoms with Gasteiger partial charge in [-0.15, -0.1) is 0 Å². The zero-order chi connectivity index (χ0) is 15.8. The summed E-state index contributed by atoms with van der Waals surface area (Å²) in [7, 11) is 1.55. The maximum Gasteiger partial charge on any atom is 0.251 e. The smallest absolute Gasteiger partial charge is 0.251 e. The Morgan fingerprint density at radius 1 is 1.23 bits per heavy atom. The fourth-order valence-electron chi connectivity index (χ4n) is 1.91. The van der Waals surface area contributed by atoms with Gasteiger partial charge in [0.05, 0.1) is 12.1 Å². The molecule has 0 saturated carbocycles. The monoisotopic (exact) mass is 335 g/mol. The lowest BCUT2D eigenvalue weighted by atomic mass is 10.2. The number of amides is 1. The molecule has 0 heterocycles. The van der Waals surface area contributed by atoms with E-state index < -0.39 is 0 Å². The van der Waals surface area contributed by atoms with Crippen LogP contribution in [0.5, 0.6) is 5.75 Å². The van der Waals surface area contributed by atoms with E-state index in [0.717, 1.165) is 11.5 Å². The van der Waals surface area contributed by atoms with Crippen LogP contribution in [0.2, 0.25) is 5.02 Å². The normalized spacial score (nSPS) is 10.3. The molecular weight excluding hydrogens is 318 g/mol. The molecule has 0 saturated heterocycles. The Bertz CT molecular complexity index is 619. The Hall–Kier alpha value is -1.65. The van der Waals surface area contributed by atoms with Crippen LogP contribution in [0.4, 0.5) is 0 Å². The minimum atomic E-state index is -0.120. The highest BCUT2D eigenvalue weighted by Crippen LogP contribution is 2.24. The summed E-state index contributed by atoms with van der Waals surface area (Å²) in [5.74, 6) is 2.26. The molecule has 0 bridgehead atoms. The van der Waals surface area contributed by atoms with E-state index >= 15 is 0 Å². The van der Waals surface area contributed by atoms with Crippen molar-refractivity contribution in [2.75, 3.05) is 19.4 Å². The number of thioether (sulfide) groups is 1. The van der Waals surface area contributed by atoms with Crippen LogP contribution >= 0.6 is 23.4 Å². The van der Waals surface area contributed by atoms with Crippen molar-refractivity contribution >= 4 is 29.3 Å². The number of halogens is 1. The van der Waals surface area contributed by atoms with Crippen LogP contribution in [-0.2, 0) is 5.75 Å². The average Bonchev–Trinajstić information content (AvgIpc) is 2.55. The molecule has 22 heavy (non-hydrogen) atoms. The SMILES string of the molecule is COc1ccc(C(=O)NCCSCc2ccccc2)cc1Cl. The van der Waals surface area contributed by atoms with Crippen LogP contribution < -0.4 is 10.1 Å². The van der Waals surface area contributed by atoms with Crippen molar-refractivity contribution < 1.29 is 9.53 Å². The topological polar surface area (TPSA) is 38.3 Å². The highest BCUT2D eigenvalue weighted by atomic mass is 35.5. The lowest BCUT2D eigenvalue weighted by Gasteiger charge is -2.07. The number of nitrogens with one attached hydrogen (secondary N) is 1. The number of benzene rings is 2. The van der Waals surface area contributed by atoms with E-state index in [1.165, 1.54) is 5.56 Å². The van der Waals surface area contributed by atoms with Crippen LogP contribution in [-0.4, -0.2) is 25.3 Å². The maximum atomic E-state index is 12.0. The predicted octanol–water partition coefficient (Wildman–Crippen LogP) is 4.01. The van der Waals surface area contributed by atoms with E-state index in [2.05, 4.69) is 17.4 Å². The van der Waals surface area contributed by atoms with Gasteiger partial charge in [-0.1, -0.05) is 41.9 Å². The molecule has 2 rings (SSSR count). The Labute approximate surface area is 140 Å². The molecule has 3 nitrogen and oxygen atoms in total. The van der Waals surface area contributed by atoms with Gasteiger partial charge in [-0.3, -0.25) is 4.79 Å². The Morgan fingerprint density at radius 3 is 2.68 bits per heavy atom. The van der Waals surface area contributed by atoms with Gasteiger partial charge in [0, 0.05) is 23.6 Å². The molecule has 0 atom stereocenters. The second-order valence-electron chi connectivity index (χ2n) is 4.64. The van der Waals surface area contributed by atoms with E-state index in [0.29, 0.717) is 22.9 Å². The van der Waals surface area contributed by atoms with Gasteiger partial charge in [-0.2, -0.15) is 11.8 Å². The third kappa shape index (κ3) is 4.97. The summed E-state index contributed by atoms with van der Waals surface area (Å²) < 4.78 is 5.07. The van der Waals surface area contributed by atoms with Gasteiger partial charge in [0.1, 0.15) is 5.75 Å². The van der Waals surface area contributed by atoms with E-state index in [-0.39, 0.29) is 5.91 Å². The second kappa shape index (κ2) is 8.71. The van der Waals surface area contributed by atoms with Crippen LogP contribution in [0.1, 0.15) is 15.9 Å². The molecule has 0 spiro atoms. The molecule has 5 heteroatoms. The fraction of sp³-hybridized carbons (Fsp3) is 0.235. The molecule has 0 aromatic heterocycles. The van der Waals surface area contributed by atoms with E-state index in [1.54, 1.807) is 37.1 Å². The summed E-state index contributed by atoms with van der Waals surface area (Å²) >= 11 is 7.81. The number of rotatable bonds is 7. The maximum absolute atomic E-state index is 12.0. The van der Waals surface area contributed by atoms with Crippen molar-refractivity contribution in [3.63, 3.8) is 0 Å². The number of ether oxygens (including phenoxy) is 1. The van der Waals surface area contributed by atoms with Crippen molar-refractivity contribution in [2.24, 2.45) is 0 Å². The van der Waals surface area contributed by atoms with Crippen molar-refractivity contribution in [3.8, 4) is 5.75 Å². The summed E-state index contributed by atoms with van der Waals surface area (Å²) in [6.07, 6.45) is 0. The van der Waals surface area contributed by atoms with Crippen molar-refractivity contribution in [1.29, 1.82) is 0 Å². The third-order valence-electron chi connectivity index (χ3n) is 3.06. The summed E-state index contributed by atoms with van der Waals surface area (Å²) in [5, 5.41) is 3.33. The lowest BCUT2D eigenvalue weighted by Crippen LogP contribution is -2.25. The van der Waals surface area contributed by atoms with Gasteiger partial charge in [0.15, 0.2) is 0 Å². The zero-order valence-corrected chi connectivity index (χ0v) is 13.9. The molecule has 0 radical (unpaired) electrons. The molecule has 0 unspecified atom stereocenters. The second-order valence-corrected chi connectivity index (χ2v) is 6.16. The molecule has 0 aliphatic carbocycles. The highest BCUT2D eigenvalue weighted by Gasteiger charge is 2.08. The lowest BCUT2D eigenvalue weighted by molar-refractivity contribution is 0.0956. The van der Waals surface area contributed by atoms with Crippen molar-refractivity contribution in [3.05, 3.63) is 64.7 Å². The summed E-state index contributed by atoms with van der Waals surface area (Å²) in [5.41, 5.74) is 1.83. The predicted molar refractivity (Wildman–Crippen MR) is 92.9 cm³/mol. The molecule has 2 aromatic rings. The van der Waals surface area contributed by atoms with Gasteiger partial charge in [-0.05, 0) is 23.8 Å². The van der Waals surface area contributed by atoms with E-state index in [1.807, 2.05) is 18.2 Å². The Balaban J connectivity index is 1.72. The van der Waals surface area contributed by atoms with Gasteiger partial charge < -0.3 is 10.1 Å². The average molecular weight is 336 g/mol. The zero-order valence-electron chi connectivity index (χ0n) is 12.3. The number of carbonyl (C=O) groups excluding carboxylic acids is 1. The van der Waals surface area contributed by atoms with Crippen molar-refractivity contribution in [2.45, 2.75) is 5.75 Å². The fourth-order valence-corrected chi connectivity index (χ4v) is 2.99. The van der Waals surface area contributed by atoms with Gasteiger partial charge >= 0.3 is 0 Å². The third-order valence-corrected chi connectivity index (χ3v) is 4.38. The standard InChI is InChI=1S/C17H18ClNO2S/c1-21-16-8-7-14(11-15(16)18)17(20)19-9-10-22-12-13-5-3-2-4-6-13/h2-8,11H,9-10,12H2,1H3,(H,19,20). The highest BCUT2D eigenvalue weighted by molar-refractivity contribution is 7.98. The molecular formula is C17H18ClNO2S. The summed E-state index contributed by atoms with van der Waals surface area (Å²) in [6, 6.07) is 15.3. The minimum absolute atomic E-state index is 0.120. The number of hydrogen-bond donors (Lipinski definition) is 1. The molecule has 1 N–H and O–H groups in total. The van der Waals surface area contributed by atoms with Crippen LogP contribution in [0.3, 0.4) is 0 Å². The minimum Gasteiger partial charge on any atom is -0.495 e. The number of hydrogen-bond acceptors (Lipinski definition) is 3. The molecule has 0 aliphatic rings. The van der Waals surface area contributed by atoms with Gasteiger partial charge in [0.2, 0.25) is 0 Å². The first-order chi connectivity index (χ1) is 10.7. The quantitative estimate of drug-likeness (QED) is 0.777. The molecule has 116 valence electrons. The Morgan fingerprint density at radius 2 is 2.00 bits per heavy atom. The first kappa shape index (κ1) is 16.7. The largest absolute Gasteiger partial charge is 0.495 e. The van der Waals surface area contributed by atoms with Crippen LogP contribution in [0, 0.1) is 0 Å². The van der Waals surface area contributed by atoms with Gasteiger partial charge in [0.25, 0.3) is 5.91 Å². The number of methoxy groups -OCH3 is 1.